The summed E-state index contributed by atoms with van der Waals surface area (Å²) >= 11 is 0. The van der Waals surface area contributed by atoms with Gasteiger partial charge in [-0.05, 0) is 38.4 Å². The van der Waals surface area contributed by atoms with Crippen LogP contribution in [0.3, 0.4) is 0 Å². The zero-order valence-electron chi connectivity index (χ0n) is 9.51. The lowest BCUT2D eigenvalue weighted by Crippen LogP contribution is -2.22. The van der Waals surface area contributed by atoms with Crippen molar-refractivity contribution >= 4 is 0 Å². The van der Waals surface area contributed by atoms with Gasteiger partial charge in [-0.15, -0.1) is 0 Å². The molecule has 0 rings (SSSR count). The molecule has 0 radical (unpaired) electrons. The van der Waals surface area contributed by atoms with Crippen molar-refractivity contribution < 1.29 is 0 Å². The first kappa shape index (κ1) is 12.4. The van der Waals surface area contributed by atoms with Gasteiger partial charge >= 0.3 is 0 Å². The third-order valence-electron chi connectivity index (χ3n) is 1.96. The predicted octanol–water partition coefficient (Wildman–Crippen LogP) is 3.10. The van der Waals surface area contributed by atoms with Crippen LogP contribution in [0.2, 0.25) is 0 Å². The zero-order valence-corrected chi connectivity index (χ0v) is 9.51. The third-order valence-corrected chi connectivity index (χ3v) is 1.96. The van der Waals surface area contributed by atoms with Crippen LogP contribution in [0, 0.1) is 5.92 Å². The van der Waals surface area contributed by atoms with Gasteiger partial charge in [-0.2, -0.15) is 0 Å². The molecule has 0 aliphatic carbocycles. The molecule has 1 nitrogen and oxygen atoms in total. The van der Waals surface area contributed by atoms with Gasteiger partial charge in [0.2, 0.25) is 0 Å². The number of nitrogens with zero attached hydrogens (tertiary/aromatic N) is 1. The van der Waals surface area contributed by atoms with Crippen molar-refractivity contribution in [3.8, 4) is 0 Å². The average molecular weight is 181 g/mol. The lowest BCUT2D eigenvalue weighted by Gasteiger charge is -2.17. The van der Waals surface area contributed by atoms with Crippen molar-refractivity contribution in [1.82, 2.24) is 4.90 Å². The monoisotopic (exact) mass is 181 g/mol. The van der Waals surface area contributed by atoms with Crippen molar-refractivity contribution in [3.05, 3.63) is 24.3 Å². The van der Waals surface area contributed by atoms with E-state index in [1.165, 1.54) is 12.0 Å². The molecule has 0 aromatic carbocycles. The molecule has 0 amide bonds. The molecule has 0 heterocycles. The van der Waals surface area contributed by atoms with Gasteiger partial charge in [0.1, 0.15) is 0 Å². The summed E-state index contributed by atoms with van der Waals surface area (Å²) in [7, 11) is 2.15. The van der Waals surface area contributed by atoms with E-state index in [1.807, 2.05) is 13.0 Å². The highest BCUT2D eigenvalue weighted by Crippen LogP contribution is 2.02. The molecule has 0 spiro atoms. The van der Waals surface area contributed by atoms with Crippen molar-refractivity contribution in [1.29, 1.82) is 0 Å². The Morgan fingerprint density at radius 2 is 2.08 bits per heavy atom. The smallest absolute Gasteiger partial charge is 0.0224 e. The highest BCUT2D eigenvalue weighted by atomic mass is 15.1. The fourth-order valence-electron chi connectivity index (χ4n) is 1.19. The van der Waals surface area contributed by atoms with E-state index in [4.69, 9.17) is 0 Å². The Morgan fingerprint density at radius 1 is 1.46 bits per heavy atom. The highest BCUT2D eigenvalue weighted by Gasteiger charge is 2.00. The van der Waals surface area contributed by atoms with E-state index in [9.17, 15) is 0 Å². The summed E-state index contributed by atoms with van der Waals surface area (Å²) in [5.74, 6) is 0.789. The second kappa shape index (κ2) is 6.90. The maximum atomic E-state index is 3.98. The molecule has 1 heteroatoms. The zero-order chi connectivity index (χ0) is 10.3. The molecule has 0 aliphatic rings. The second-order valence-corrected chi connectivity index (χ2v) is 4.08. The van der Waals surface area contributed by atoms with Crippen molar-refractivity contribution in [3.63, 3.8) is 0 Å². The van der Waals surface area contributed by atoms with Gasteiger partial charge in [0.05, 0.1) is 0 Å². The van der Waals surface area contributed by atoms with Crippen LogP contribution in [0.1, 0.15) is 27.2 Å². The summed E-state index contributed by atoms with van der Waals surface area (Å²) in [6.45, 7) is 12.7. The number of allylic oxidation sites excluding steroid dienone is 1. The molecule has 0 saturated heterocycles. The Kier molecular flexibility index (Phi) is 6.61. The fourth-order valence-corrected chi connectivity index (χ4v) is 1.19. The van der Waals surface area contributed by atoms with Crippen LogP contribution < -0.4 is 0 Å². The summed E-state index contributed by atoms with van der Waals surface area (Å²) in [5.41, 5.74) is 1.19. The van der Waals surface area contributed by atoms with Crippen LogP contribution in [-0.4, -0.2) is 25.0 Å². The quantitative estimate of drug-likeness (QED) is 0.569. The van der Waals surface area contributed by atoms with Crippen LogP contribution in [0.5, 0.6) is 0 Å². The molecule has 0 aliphatic heterocycles. The van der Waals surface area contributed by atoms with Gasteiger partial charge in [0.25, 0.3) is 0 Å². The first-order valence-electron chi connectivity index (χ1n) is 5.05. The van der Waals surface area contributed by atoms with Gasteiger partial charge in [-0.25, -0.2) is 0 Å². The normalized spacial score (nSPS) is 11.8. The standard InChI is InChI=1S/C12H23N/c1-6-7-12(4)10-13(5)9-8-11(2)3/h6-7,11H,4,8-10H2,1-3,5H3/b7-6-. The number of hydrogen-bond acceptors (Lipinski definition) is 1. The maximum absolute atomic E-state index is 3.98. The van der Waals surface area contributed by atoms with Gasteiger partial charge in [0, 0.05) is 6.54 Å². The molecule has 0 unspecified atom stereocenters. The van der Waals surface area contributed by atoms with E-state index in [1.54, 1.807) is 0 Å². The Bertz CT molecular complexity index is 168. The molecule has 0 saturated carbocycles. The van der Waals surface area contributed by atoms with Crippen molar-refractivity contribution in [2.24, 2.45) is 5.92 Å². The maximum Gasteiger partial charge on any atom is 0.0224 e. The van der Waals surface area contributed by atoms with Gasteiger partial charge in [0.15, 0.2) is 0 Å². The Balaban J connectivity index is 3.61. The second-order valence-electron chi connectivity index (χ2n) is 4.08. The highest BCUT2D eigenvalue weighted by molar-refractivity contribution is 5.15. The van der Waals surface area contributed by atoms with E-state index in [-0.39, 0.29) is 0 Å². The lowest BCUT2D eigenvalue weighted by molar-refractivity contribution is 0.335. The fraction of sp³-hybridized carbons (Fsp3) is 0.667. The minimum atomic E-state index is 0.789. The molecule has 0 fully saturated rings. The topological polar surface area (TPSA) is 3.24 Å². The molecule has 13 heavy (non-hydrogen) atoms. The Labute approximate surface area is 83.1 Å². The van der Waals surface area contributed by atoms with Crippen LogP contribution in [-0.2, 0) is 0 Å². The molecular weight excluding hydrogens is 158 g/mol. The van der Waals surface area contributed by atoms with E-state index >= 15 is 0 Å². The van der Waals surface area contributed by atoms with Crippen molar-refractivity contribution in [2.75, 3.05) is 20.1 Å². The van der Waals surface area contributed by atoms with Gasteiger partial charge in [-0.1, -0.05) is 32.6 Å². The van der Waals surface area contributed by atoms with Crippen LogP contribution in [0.15, 0.2) is 24.3 Å². The molecule has 0 aromatic heterocycles. The third kappa shape index (κ3) is 7.79. The van der Waals surface area contributed by atoms with E-state index in [0.717, 1.165) is 19.0 Å². The minimum Gasteiger partial charge on any atom is -0.302 e. The number of hydrogen-bond donors (Lipinski definition) is 0. The van der Waals surface area contributed by atoms with E-state index in [2.05, 4.69) is 38.5 Å². The summed E-state index contributed by atoms with van der Waals surface area (Å²) < 4.78 is 0. The first-order chi connectivity index (χ1) is 6.06. The summed E-state index contributed by atoms with van der Waals surface area (Å²) in [6, 6.07) is 0. The molecule has 0 N–H and O–H groups in total. The average Bonchev–Trinajstić information content (AvgIpc) is 2.01. The van der Waals surface area contributed by atoms with Crippen molar-refractivity contribution in [2.45, 2.75) is 27.2 Å². The minimum absolute atomic E-state index is 0.789. The largest absolute Gasteiger partial charge is 0.302 e. The predicted molar refractivity (Wildman–Crippen MR) is 60.9 cm³/mol. The van der Waals surface area contributed by atoms with E-state index < -0.39 is 0 Å². The number of likely N-dealkylation sites (N-methyl/N-ethyl adjacent to an activating group) is 1. The SMILES string of the molecule is C=C(/C=C\C)CN(C)CCC(C)C. The Morgan fingerprint density at radius 3 is 2.54 bits per heavy atom. The molecule has 0 aromatic rings. The summed E-state index contributed by atoms with van der Waals surface area (Å²) in [4.78, 5) is 2.32. The Hall–Kier alpha value is -0.560. The van der Waals surface area contributed by atoms with Gasteiger partial charge in [-0.3, -0.25) is 0 Å². The molecule has 0 bridgehead atoms. The molecule has 76 valence electrons. The van der Waals surface area contributed by atoms with Gasteiger partial charge < -0.3 is 4.90 Å². The van der Waals surface area contributed by atoms with Crippen LogP contribution in [0.25, 0.3) is 0 Å². The molecule has 0 atom stereocenters. The summed E-state index contributed by atoms with van der Waals surface area (Å²) in [5, 5.41) is 0. The van der Waals surface area contributed by atoms with Crippen LogP contribution >= 0.6 is 0 Å². The van der Waals surface area contributed by atoms with Crippen LogP contribution in [0.4, 0.5) is 0 Å². The van der Waals surface area contributed by atoms with E-state index in [0.29, 0.717) is 0 Å². The number of rotatable bonds is 6. The summed E-state index contributed by atoms with van der Waals surface area (Å²) in [6.07, 6.45) is 5.38. The molecular formula is C12H23N. The first-order valence-corrected chi connectivity index (χ1v) is 5.05. The lowest BCUT2D eigenvalue weighted by atomic mass is 10.1.